The van der Waals surface area contributed by atoms with E-state index in [1.807, 2.05) is 54.6 Å². The Labute approximate surface area is 267 Å². The van der Waals surface area contributed by atoms with Crippen LogP contribution < -0.4 is 15.2 Å². The number of ether oxygens (including phenoxy) is 2. The second-order valence-electron chi connectivity index (χ2n) is 11.4. The van der Waals surface area contributed by atoms with Gasteiger partial charge in [0, 0.05) is 37.1 Å². The molecule has 1 aliphatic rings. The highest BCUT2D eigenvalue weighted by Gasteiger charge is 2.23. The van der Waals surface area contributed by atoms with E-state index in [9.17, 15) is 4.79 Å². The first-order valence-corrected chi connectivity index (χ1v) is 15.4. The van der Waals surface area contributed by atoms with E-state index in [0.29, 0.717) is 28.7 Å². The van der Waals surface area contributed by atoms with E-state index in [2.05, 4.69) is 50.8 Å². The zero-order valence-electron chi connectivity index (χ0n) is 25.5. The van der Waals surface area contributed by atoms with Crippen molar-refractivity contribution in [3.63, 3.8) is 0 Å². The molecule has 1 aliphatic heterocycles. The summed E-state index contributed by atoms with van der Waals surface area (Å²) in [5, 5.41) is 0. The number of anilines is 1. The van der Waals surface area contributed by atoms with Gasteiger partial charge in [0.25, 0.3) is 0 Å². The molecule has 6 aromatic rings. The number of carbonyl (C=O) groups is 1. The molecule has 0 atom stereocenters. The van der Waals surface area contributed by atoms with Gasteiger partial charge in [-0.25, -0.2) is 15.0 Å². The molecule has 0 radical (unpaired) electrons. The summed E-state index contributed by atoms with van der Waals surface area (Å²) < 4.78 is 13.6. The topological polar surface area (TPSA) is 108 Å². The number of fused-ring (bicyclic) bond motifs is 1. The molecule has 9 heteroatoms. The first-order chi connectivity index (χ1) is 22.6. The summed E-state index contributed by atoms with van der Waals surface area (Å²) in [6.45, 7) is 2.63. The van der Waals surface area contributed by atoms with E-state index in [4.69, 9.17) is 25.2 Å². The molecule has 0 aliphatic carbocycles. The van der Waals surface area contributed by atoms with Gasteiger partial charge in [0.2, 0.25) is 0 Å². The van der Waals surface area contributed by atoms with Gasteiger partial charge in [-0.05, 0) is 66.9 Å². The number of hydrogen-bond donors (Lipinski definition) is 1. The number of piperidine rings is 1. The Morgan fingerprint density at radius 1 is 0.870 bits per heavy atom. The molecule has 3 aromatic heterocycles. The van der Waals surface area contributed by atoms with Crippen molar-refractivity contribution >= 4 is 23.3 Å². The normalized spacial score (nSPS) is 13.9. The lowest BCUT2D eigenvalue weighted by Gasteiger charge is -2.32. The number of aldehydes is 1. The van der Waals surface area contributed by atoms with E-state index >= 15 is 0 Å². The predicted molar refractivity (Wildman–Crippen MR) is 179 cm³/mol. The van der Waals surface area contributed by atoms with Crippen molar-refractivity contribution < 1.29 is 14.3 Å². The smallest absolute Gasteiger partial charge is 0.165 e. The fourth-order valence-corrected chi connectivity index (χ4v) is 6.05. The quantitative estimate of drug-likeness (QED) is 0.183. The van der Waals surface area contributed by atoms with Gasteiger partial charge in [-0.1, -0.05) is 48.5 Å². The van der Waals surface area contributed by atoms with Crippen molar-refractivity contribution in [1.82, 2.24) is 24.4 Å². The number of pyridine rings is 2. The molecule has 1 saturated heterocycles. The molecular weight excluding hydrogens is 576 g/mol. The van der Waals surface area contributed by atoms with Crippen molar-refractivity contribution in [3.05, 3.63) is 114 Å². The summed E-state index contributed by atoms with van der Waals surface area (Å²) in [5.74, 6) is 2.22. The van der Waals surface area contributed by atoms with E-state index in [1.165, 1.54) is 5.56 Å². The lowest BCUT2D eigenvalue weighted by molar-refractivity contribution is 0.0943. The molecule has 3 aromatic carbocycles. The van der Waals surface area contributed by atoms with Gasteiger partial charge in [0.05, 0.1) is 23.9 Å². The van der Waals surface area contributed by atoms with Crippen molar-refractivity contribution in [2.45, 2.75) is 25.5 Å². The molecule has 9 nitrogen and oxygen atoms in total. The molecule has 0 saturated carbocycles. The number of imidazole rings is 1. The second kappa shape index (κ2) is 12.8. The van der Waals surface area contributed by atoms with E-state index < -0.39 is 0 Å². The molecule has 0 bridgehead atoms. The Morgan fingerprint density at radius 2 is 1.65 bits per heavy atom. The first-order valence-electron chi connectivity index (χ1n) is 15.4. The highest BCUT2D eigenvalue weighted by Crippen LogP contribution is 2.32. The van der Waals surface area contributed by atoms with Crippen LogP contribution in [0.25, 0.3) is 39.5 Å². The van der Waals surface area contributed by atoms with Crippen LogP contribution in [0.4, 0.5) is 5.82 Å². The summed E-state index contributed by atoms with van der Waals surface area (Å²) in [5.41, 5.74) is 13.1. The third-order valence-electron chi connectivity index (χ3n) is 8.45. The Kier molecular flexibility index (Phi) is 8.14. The number of likely N-dealkylation sites (tertiary alicyclic amines) is 1. The molecule has 4 heterocycles. The average molecular weight is 611 g/mol. The maximum Gasteiger partial charge on any atom is 0.165 e. The van der Waals surface area contributed by atoms with Crippen molar-refractivity contribution in [2.24, 2.45) is 0 Å². The maximum absolute atomic E-state index is 11.7. The lowest BCUT2D eigenvalue weighted by atomic mass is 10.1. The minimum absolute atomic E-state index is 0.0468. The first kappa shape index (κ1) is 29.2. The van der Waals surface area contributed by atoms with Crippen molar-refractivity contribution in [2.75, 3.05) is 25.9 Å². The highest BCUT2D eigenvalue weighted by molar-refractivity contribution is 5.85. The third-order valence-corrected chi connectivity index (χ3v) is 8.45. The number of aromatic nitrogens is 4. The molecule has 0 spiro atoms. The molecule has 0 amide bonds. The summed E-state index contributed by atoms with van der Waals surface area (Å²) in [6, 6.07) is 31.9. The third kappa shape index (κ3) is 5.80. The highest BCUT2D eigenvalue weighted by atomic mass is 16.5. The fraction of sp³-hybridized carbons (Fsp3) is 0.189. The Bertz CT molecular complexity index is 1980. The molecular formula is C37H34N6O3. The fourth-order valence-electron chi connectivity index (χ4n) is 6.05. The number of benzene rings is 3. The van der Waals surface area contributed by atoms with E-state index in [1.54, 1.807) is 19.4 Å². The van der Waals surface area contributed by atoms with Crippen LogP contribution in [0.15, 0.2) is 103 Å². The summed E-state index contributed by atoms with van der Waals surface area (Å²) in [7, 11) is 1.56. The SMILES string of the molecule is COc1cccc(OC2CCN(Cc3ccc(-n4c(-c5cccnc5N)nc5ccc(-c6ccccc6)nc54)cc3)CC2)c1C=O. The number of carbonyl (C=O) groups excluding carboxylic acids is 1. The standard InChI is InChI=1S/C37H34N6O3/c1-45-33-10-5-11-34(30(33)24-44)46-28-18-21-42(22-19-28)23-25-12-14-27(15-13-25)43-36(29-9-6-20-39-35(29)38)41-32-17-16-31(40-37(32)43)26-7-3-2-4-8-26/h2-17,20,24,28H,18-19,21-23H2,1H3,(H2,38,39). The predicted octanol–water partition coefficient (Wildman–Crippen LogP) is 6.60. The Morgan fingerprint density at radius 3 is 2.39 bits per heavy atom. The van der Waals surface area contributed by atoms with Gasteiger partial charge < -0.3 is 15.2 Å². The van der Waals surface area contributed by atoms with Crippen LogP contribution in [0.5, 0.6) is 11.5 Å². The Balaban J connectivity index is 1.11. The van der Waals surface area contributed by atoms with Gasteiger partial charge in [-0.15, -0.1) is 0 Å². The maximum atomic E-state index is 11.7. The zero-order valence-corrected chi connectivity index (χ0v) is 25.5. The lowest BCUT2D eigenvalue weighted by Crippen LogP contribution is -2.37. The van der Waals surface area contributed by atoms with Gasteiger partial charge in [0.1, 0.15) is 28.9 Å². The largest absolute Gasteiger partial charge is 0.496 e. The zero-order chi connectivity index (χ0) is 31.5. The van der Waals surface area contributed by atoms with Gasteiger partial charge in [-0.3, -0.25) is 14.3 Å². The summed E-state index contributed by atoms with van der Waals surface area (Å²) in [4.78, 5) is 28.4. The van der Waals surface area contributed by atoms with Crippen LogP contribution in [-0.2, 0) is 6.54 Å². The van der Waals surface area contributed by atoms with Gasteiger partial charge >= 0.3 is 0 Å². The van der Waals surface area contributed by atoms with Crippen LogP contribution in [0.1, 0.15) is 28.8 Å². The van der Waals surface area contributed by atoms with Crippen LogP contribution in [0, 0.1) is 0 Å². The van der Waals surface area contributed by atoms with Gasteiger partial charge in [0.15, 0.2) is 17.8 Å². The molecule has 7 rings (SSSR count). The van der Waals surface area contributed by atoms with Crippen LogP contribution in [0.2, 0.25) is 0 Å². The minimum atomic E-state index is 0.0468. The van der Waals surface area contributed by atoms with Crippen LogP contribution >= 0.6 is 0 Å². The van der Waals surface area contributed by atoms with Crippen LogP contribution in [-0.4, -0.2) is 57.0 Å². The number of hydrogen-bond acceptors (Lipinski definition) is 8. The van der Waals surface area contributed by atoms with Crippen molar-refractivity contribution in [1.29, 1.82) is 0 Å². The van der Waals surface area contributed by atoms with E-state index in [0.717, 1.165) is 72.4 Å². The number of methoxy groups -OCH3 is 1. The minimum Gasteiger partial charge on any atom is -0.496 e. The summed E-state index contributed by atoms with van der Waals surface area (Å²) >= 11 is 0. The van der Waals surface area contributed by atoms with Crippen LogP contribution in [0.3, 0.4) is 0 Å². The average Bonchev–Trinajstić information content (AvgIpc) is 3.48. The van der Waals surface area contributed by atoms with E-state index in [-0.39, 0.29) is 6.10 Å². The summed E-state index contributed by atoms with van der Waals surface area (Å²) in [6.07, 6.45) is 4.28. The number of nitrogens with zero attached hydrogens (tertiary/aromatic N) is 5. The van der Waals surface area contributed by atoms with Crippen molar-refractivity contribution in [3.8, 4) is 39.8 Å². The number of nitrogens with two attached hydrogens (primary N) is 1. The molecule has 46 heavy (non-hydrogen) atoms. The van der Waals surface area contributed by atoms with Gasteiger partial charge in [-0.2, -0.15) is 0 Å². The monoisotopic (exact) mass is 610 g/mol. The molecule has 1 fully saturated rings. The second-order valence-corrected chi connectivity index (χ2v) is 11.4. The molecule has 230 valence electrons. The molecule has 0 unspecified atom stereocenters. The number of rotatable bonds is 9. The number of nitrogen functional groups attached to an aromatic ring is 1. The molecule has 2 N–H and O–H groups in total. The Hall–Kier alpha value is -5.54.